The molecule has 0 aromatic carbocycles. The van der Waals surface area contributed by atoms with E-state index in [4.69, 9.17) is 98.8 Å². The van der Waals surface area contributed by atoms with Crippen LogP contribution in [-0.4, -0.2) is 301 Å². The Morgan fingerprint density at radius 1 is 0.264 bits per heavy atom. The van der Waals surface area contributed by atoms with Crippen LogP contribution in [0.2, 0.25) is 0 Å². The highest BCUT2D eigenvalue weighted by Crippen LogP contribution is 2.24. The summed E-state index contributed by atoms with van der Waals surface area (Å²) in [5.41, 5.74) is 55.1. The molecule has 38 N–H and O–H groups in total. The van der Waals surface area contributed by atoms with E-state index in [1.165, 1.54) is 105 Å². The molecule has 0 aromatic rings. The molecule has 0 aliphatic rings. The van der Waals surface area contributed by atoms with Gasteiger partial charge in [-0.25, -0.2) is 9.98 Å². The maximum Gasteiger partial charge on any atom is 0.243 e. The lowest BCUT2D eigenvalue weighted by Gasteiger charge is -2.15. The van der Waals surface area contributed by atoms with Crippen LogP contribution >= 0.6 is 93.7 Å². The highest BCUT2D eigenvalue weighted by molar-refractivity contribution is 8.77. The zero-order valence-corrected chi connectivity index (χ0v) is 66.6. The fraction of sp³-hybridized carbons (Fsp3) is 0.660. The predicted molar refractivity (Wildman–Crippen MR) is 417 cm³/mol. The van der Waals surface area contributed by atoms with E-state index in [2.05, 4.69) is 108 Å². The maximum atomic E-state index is 11.1. The second-order valence-electron chi connectivity index (χ2n) is 20.0. The summed E-state index contributed by atoms with van der Waals surface area (Å²) in [5, 5.41) is 80.6. The summed E-state index contributed by atoms with van der Waals surface area (Å²) in [6, 6.07) is -6.94. The Morgan fingerprint density at radius 3 is 0.509 bits per heavy atom. The number of primary amides is 7. The minimum absolute atomic E-state index is 0.0525. The van der Waals surface area contributed by atoms with E-state index in [1.54, 1.807) is 0 Å². The van der Waals surface area contributed by atoms with Gasteiger partial charge in [0, 0.05) is 108 Å². The molecule has 0 saturated heterocycles. The van der Waals surface area contributed by atoms with Crippen molar-refractivity contribution in [3.8, 4) is 0 Å². The van der Waals surface area contributed by atoms with Crippen molar-refractivity contribution in [3.63, 3.8) is 0 Å². The van der Waals surface area contributed by atoms with Gasteiger partial charge < -0.3 is 147 Å². The molecule has 0 saturated carbocycles. The number of hydrogen-bond donors (Lipinski definition) is 31. The number of guanidine groups is 2. The van der Waals surface area contributed by atoms with Gasteiger partial charge in [0.1, 0.15) is 42.3 Å². The Kier molecular flexibility index (Phi) is 83.6. The van der Waals surface area contributed by atoms with Crippen molar-refractivity contribution < 1.29 is 112 Å². The van der Waals surface area contributed by atoms with E-state index in [1.807, 2.05) is 0 Å². The average Bonchev–Trinajstić information content (AvgIpc) is 0.954. The SMILES string of the molecule is CC(=O)NC(CO)CO.CC(=O)NC(CO)CO.CC(=O)N[C@@H](CO)CS.CC(=O)N[C@@H](CSSC[C@@H](NC(C)=O)C(N)=O)C(N)=O.CC(=O)N[C@@H](CSSC[C@@H](NC(C)=O)C(N)=O)C(N)=O.CC(=O)N[C@H](CO)C(N)=O.CC(=O)N[C@H](CO)CS.NC(=O)[C@@H](CS)N=C(N)N.NC(=O)[C@H](CS)N=C(N)N. The van der Waals surface area contributed by atoms with Gasteiger partial charge >= 0.3 is 0 Å². The average molecular weight is 1680 g/mol. The normalized spacial score (nSPS) is 12.2. The van der Waals surface area contributed by atoms with Crippen LogP contribution in [0.15, 0.2) is 9.98 Å². The number of aliphatic hydroxyl groups is 7. The highest BCUT2D eigenvalue weighted by atomic mass is 33.1. The van der Waals surface area contributed by atoms with Gasteiger partial charge in [-0.05, 0) is 0 Å². The summed E-state index contributed by atoms with van der Waals surface area (Å²) >= 11 is 15.4. The molecule has 0 heterocycles. The van der Waals surface area contributed by atoms with E-state index in [0.717, 1.165) is 0 Å². The van der Waals surface area contributed by atoms with Crippen molar-refractivity contribution in [3.05, 3.63) is 0 Å². The van der Waals surface area contributed by atoms with Crippen LogP contribution < -0.4 is 111 Å². The van der Waals surface area contributed by atoms with Gasteiger partial charge in [-0.1, -0.05) is 43.2 Å². The van der Waals surface area contributed by atoms with E-state index in [-0.39, 0.29) is 145 Å². The molecule has 53 heteroatoms. The number of amides is 16. The quantitative estimate of drug-likeness (QED) is 0.00893. The zero-order chi connectivity index (χ0) is 85.0. The largest absolute Gasteiger partial charge is 0.394 e. The Labute approximate surface area is 650 Å². The predicted octanol–water partition coefficient (Wildman–Crippen LogP) is -13.5. The first kappa shape index (κ1) is 117. The van der Waals surface area contributed by atoms with Crippen LogP contribution in [-0.2, 0) is 76.7 Å². The summed E-state index contributed by atoms with van der Waals surface area (Å²) in [6.45, 7) is 10.4. The summed E-state index contributed by atoms with van der Waals surface area (Å²) < 4.78 is 0. The number of nitrogens with zero attached hydrogens (tertiary/aromatic N) is 2. The first-order chi connectivity index (χ1) is 49.0. The molecule has 618 valence electrons. The van der Waals surface area contributed by atoms with E-state index in [9.17, 15) is 76.7 Å². The van der Waals surface area contributed by atoms with Gasteiger partial charge in [-0.2, -0.15) is 50.5 Å². The topological polar surface area (TPSA) is 834 Å². The van der Waals surface area contributed by atoms with Crippen LogP contribution in [0.5, 0.6) is 0 Å². The Morgan fingerprint density at radius 2 is 0.434 bits per heavy atom. The summed E-state index contributed by atoms with van der Waals surface area (Å²) in [6.07, 6.45) is 0. The molecule has 0 bridgehead atoms. The van der Waals surface area contributed by atoms with E-state index >= 15 is 0 Å². The molecule has 45 nitrogen and oxygen atoms in total. The number of aliphatic hydroxyl groups excluding tert-OH is 7. The summed E-state index contributed by atoms with van der Waals surface area (Å²) in [5.74, 6) is -4.94. The lowest BCUT2D eigenvalue weighted by Crippen LogP contribution is -2.46. The minimum Gasteiger partial charge on any atom is -0.394 e. The van der Waals surface area contributed by atoms with Crippen LogP contribution in [0, 0.1) is 0 Å². The van der Waals surface area contributed by atoms with Gasteiger partial charge in [0.2, 0.25) is 94.5 Å². The number of carbonyl (C=O) groups is 16. The van der Waals surface area contributed by atoms with Gasteiger partial charge in [0.25, 0.3) is 0 Å². The second kappa shape index (κ2) is 75.8. The molecule has 106 heavy (non-hydrogen) atoms. The number of hydrogen-bond acceptors (Lipinski definition) is 33. The molecule has 0 rings (SSSR count). The smallest absolute Gasteiger partial charge is 0.243 e. The van der Waals surface area contributed by atoms with Gasteiger partial charge in [0.05, 0.1) is 70.4 Å². The standard InChI is InChI=1S/2C10H18N4O4S2.C5H10N2O3.2C5H11NO3.2C5H11NO2S.2C4H10N4OS/c2*1-5(15)13-7(9(11)17)3-19-20-4-8(10(12)18)14-6(2)16;1-3(9)7-4(2-8)5(6)10;2*1-4(9)6-5(2-7)3-8;2*1-4(8)6-5(2-7)3-9;2*5-3(9)2(1-10)8-4(6)7/h2*7-8H,3-4H2,1-2H3,(H2,11,17)(H2,12,18)(H,13,15)(H,14,16);4,8H,2H2,1H3,(H2,6,10)(H,7,9);2*5,7-8H,2-3H2,1H3,(H,6,9);2*5,7,9H,2-3H2,1H3,(H,6,8);2*2,10H,1H2,(H2,5,9)(H4,6,7,8)/t2*7-,8+;4-;;;2*5-;2*2-/m..1..1010/s1. The number of rotatable bonds is 39. The fourth-order valence-electron chi connectivity index (χ4n) is 5.17. The second-order valence-corrected chi connectivity index (χ2v) is 26.5. The number of carbonyl (C=O) groups excluding carboxylic acids is 16. The van der Waals surface area contributed by atoms with Crippen molar-refractivity contribution in [2.45, 2.75) is 129 Å². The van der Waals surface area contributed by atoms with Crippen molar-refractivity contribution in [1.82, 2.24) is 47.9 Å². The molecule has 0 aliphatic carbocycles. The van der Waals surface area contributed by atoms with Crippen molar-refractivity contribution in [2.24, 2.45) is 73.1 Å². The highest BCUT2D eigenvalue weighted by Gasteiger charge is 2.22. The van der Waals surface area contributed by atoms with Crippen LogP contribution in [0.1, 0.15) is 62.3 Å². The Balaban J connectivity index is -0.000000146. The van der Waals surface area contributed by atoms with E-state index in [0.29, 0.717) is 11.5 Å². The third-order valence-corrected chi connectivity index (χ3v) is 16.3. The van der Waals surface area contributed by atoms with Crippen molar-refractivity contribution in [1.29, 1.82) is 0 Å². The van der Waals surface area contributed by atoms with Crippen LogP contribution in [0.3, 0.4) is 0 Å². The molecule has 0 fully saturated rings. The number of thiol groups is 4. The van der Waals surface area contributed by atoms with Crippen molar-refractivity contribution in [2.75, 3.05) is 92.3 Å². The number of nitrogens with one attached hydrogen (secondary N) is 9. The van der Waals surface area contributed by atoms with Gasteiger partial charge in [0.15, 0.2) is 11.9 Å². The molecule has 0 unspecified atom stereocenters. The minimum atomic E-state index is -0.961. The summed E-state index contributed by atoms with van der Waals surface area (Å²) in [4.78, 5) is 177. The molecule has 0 aliphatic heterocycles. The van der Waals surface area contributed by atoms with Crippen LogP contribution in [0.25, 0.3) is 0 Å². The maximum absolute atomic E-state index is 11.1. The number of nitrogens with two attached hydrogens (primary N) is 11. The third-order valence-electron chi connectivity index (χ3n) is 9.90. The Bertz CT molecular complexity index is 2380. The summed E-state index contributed by atoms with van der Waals surface area (Å²) in [7, 11) is 4.99. The van der Waals surface area contributed by atoms with Gasteiger partial charge in [-0.3, -0.25) is 76.7 Å². The lowest BCUT2D eigenvalue weighted by molar-refractivity contribution is -0.127. The lowest BCUT2D eigenvalue weighted by atomic mass is 10.3. The Hall–Kier alpha value is -7.42. The fourth-order valence-corrected chi connectivity index (χ4v) is 10.8. The monoisotopic (exact) mass is 1680 g/mol. The first-order valence-electron chi connectivity index (χ1n) is 29.9. The first-order valence-corrected chi connectivity index (χ1v) is 37.4. The third kappa shape index (κ3) is 87.2. The molecule has 0 aromatic heterocycles. The molecule has 16 amide bonds. The molecular weight excluding hydrogens is 1570 g/mol. The zero-order valence-electron chi connectivity index (χ0n) is 59.8. The molecular formula is C53H110N22O23S8. The van der Waals surface area contributed by atoms with Gasteiger partial charge in [-0.15, -0.1) is 0 Å². The molecule has 9 atom stereocenters. The molecule has 0 spiro atoms. The van der Waals surface area contributed by atoms with E-state index < -0.39 is 108 Å². The number of aliphatic imine (C=N–C) groups is 2. The van der Waals surface area contributed by atoms with Crippen molar-refractivity contribution >= 4 is 200 Å². The molecule has 0 radical (unpaired) electrons. The van der Waals surface area contributed by atoms with Crippen LogP contribution in [0.4, 0.5) is 0 Å².